The molecule has 0 radical (unpaired) electrons. The summed E-state index contributed by atoms with van der Waals surface area (Å²) in [5.74, 6) is 0.490. The maximum Gasteiger partial charge on any atom is 0.321 e. The Morgan fingerprint density at radius 3 is 2.50 bits per heavy atom. The largest absolute Gasteiger partial charge is 0.326 e. The van der Waals surface area contributed by atoms with Gasteiger partial charge in [-0.2, -0.15) is 0 Å². The van der Waals surface area contributed by atoms with E-state index in [-0.39, 0.29) is 18.0 Å². The van der Waals surface area contributed by atoms with Gasteiger partial charge in [0.15, 0.2) is 0 Å². The van der Waals surface area contributed by atoms with Gasteiger partial charge in [-0.3, -0.25) is 4.79 Å². The number of aryl methyl sites for hydroxylation is 1. The van der Waals surface area contributed by atoms with Crippen molar-refractivity contribution in [2.45, 2.75) is 32.7 Å². The molecule has 6 nitrogen and oxygen atoms in total. The molecule has 1 atom stereocenters. The van der Waals surface area contributed by atoms with E-state index in [0.717, 1.165) is 30.9 Å². The fraction of sp³-hybridized carbons (Fsp3) is 0.556. The molecule has 3 aliphatic rings. The molecule has 4 rings (SSSR count). The van der Waals surface area contributed by atoms with Crippen LogP contribution in [0.5, 0.6) is 0 Å². The number of piperidine rings is 3. The van der Waals surface area contributed by atoms with E-state index in [1.54, 1.807) is 6.07 Å². The monoisotopic (exact) mass is 330 g/mol. The number of nitrogens with one attached hydrogen (secondary N) is 2. The Balaban J connectivity index is 1.67. The molecule has 0 aromatic heterocycles. The van der Waals surface area contributed by atoms with Crippen LogP contribution in [0.3, 0.4) is 0 Å². The van der Waals surface area contributed by atoms with Crippen molar-refractivity contribution in [2.24, 2.45) is 5.92 Å². The first-order valence-corrected chi connectivity index (χ1v) is 8.58. The van der Waals surface area contributed by atoms with Gasteiger partial charge in [0.2, 0.25) is 5.91 Å². The van der Waals surface area contributed by atoms with E-state index in [2.05, 4.69) is 15.5 Å². The van der Waals surface area contributed by atoms with Crippen molar-refractivity contribution in [3.8, 4) is 0 Å². The topological polar surface area (TPSA) is 64.7 Å². The van der Waals surface area contributed by atoms with E-state index >= 15 is 0 Å². The van der Waals surface area contributed by atoms with Crippen molar-refractivity contribution < 1.29 is 9.59 Å². The number of hydrogen-bond donors (Lipinski definition) is 2. The summed E-state index contributed by atoms with van der Waals surface area (Å²) in [5, 5.41) is 5.75. The highest BCUT2D eigenvalue weighted by atomic mass is 16.2. The van der Waals surface area contributed by atoms with Gasteiger partial charge in [0.25, 0.3) is 0 Å². The van der Waals surface area contributed by atoms with E-state index in [1.807, 2.05) is 31.0 Å². The predicted molar refractivity (Wildman–Crippen MR) is 95.2 cm³/mol. The number of nitrogens with zero attached hydrogens (tertiary/aromatic N) is 2. The van der Waals surface area contributed by atoms with Crippen molar-refractivity contribution in [2.75, 3.05) is 37.3 Å². The third-order valence-electron chi connectivity index (χ3n) is 5.24. The minimum atomic E-state index is -0.119. The first kappa shape index (κ1) is 16.8. The smallest absolute Gasteiger partial charge is 0.321 e. The van der Waals surface area contributed by atoms with Crippen LogP contribution in [-0.4, -0.2) is 54.5 Å². The average molecular weight is 330 g/mol. The number of anilines is 2. The van der Waals surface area contributed by atoms with E-state index in [9.17, 15) is 9.59 Å². The molecule has 6 heteroatoms. The second-order valence-corrected chi connectivity index (χ2v) is 6.96. The minimum Gasteiger partial charge on any atom is -0.326 e. The Kier molecular flexibility index (Phi) is 4.76. The molecular weight excluding hydrogens is 304 g/mol. The van der Waals surface area contributed by atoms with Crippen LogP contribution in [0.25, 0.3) is 0 Å². The quantitative estimate of drug-likeness (QED) is 0.895. The number of carbonyl (C=O) groups is 2. The van der Waals surface area contributed by atoms with Crippen LogP contribution in [-0.2, 0) is 4.79 Å². The molecule has 3 saturated heterocycles. The second-order valence-electron chi connectivity index (χ2n) is 6.96. The fourth-order valence-electron chi connectivity index (χ4n) is 3.76. The standard InChI is InChI=1S/C18H26N4O2/c1-12-4-5-15(10-16(12)19-13(2)23)20-18(24)21(3)17-11-22-8-6-14(17)7-9-22/h4-5,10,14,17H,6-9,11H2,1-3H3,(H,19,23)(H,20,24). The van der Waals surface area contributed by atoms with Crippen molar-refractivity contribution in [3.63, 3.8) is 0 Å². The number of hydrogen-bond acceptors (Lipinski definition) is 3. The molecule has 1 aromatic rings. The van der Waals surface area contributed by atoms with Gasteiger partial charge in [0.1, 0.15) is 0 Å². The zero-order valence-electron chi connectivity index (χ0n) is 14.6. The molecular formula is C18H26N4O2. The number of likely N-dealkylation sites (N-methyl/N-ethyl adjacent to an activating group) is 1. The lowest BCUT2D eigenvalue weighted by molar-refractivity contribution is -0.114. The van der Waals surface area contributed by atoms with Gasteiger partial charge in [-0.1, -0.05) is 6.07 Å². The van der Waals surface area contributed by atoms with Gasteiger partial charge < -0.3 is 20.4 Å². The van der Waals surface area contributed by atoms with Crippen molar-refractivity contribution in [3.05, 3.63) is 23.8 Å². The molecule has 0 saturated carbocycles. The van der Waals surface area contributed by atoms with Crippen LogP contribution in [0.1, 0.15) is 25.3 Å². The Bertz CT molecular complexity index is 638. The molecule has 3 amide bonds. The van der Waals surface area contributed by atoms with Crippen LogP contribution in [0.2, 0.25) is 0 Å². The Morgan fingerprint density at radius 1 is 1.21 bits per heavy atom. The van der Waals surface area contributed by atoms with Gasteiger partial charge in [0.05, 0.1) is 0 Å². The lowest BCUT2D eigenvalue weighted by Gasteiger charge is -2.47. The third kappa shape index (κ3) is 3.53. The van der Waals surface area contributed by atoms with E-state index < -0.39 is 0 Å². The number of carbonyl (C=O) groups excluding carboxylic acids is 2. The van der Waals surface area contributed by atoms with Gasteiger partial charge in [-0.05, 0) is 56.5 Å². The number of fused-ring (bicyclic) bond motifs is 3. The summed E-state index contributed by atoms with van der Waals surface area (Å²) in [4.78, 5) is 28.2. The van der Waals surface area contributed by atoms with Crippen molar-refractivity contribution in [1.82, 2.24) is 9.80 Å². The molecule has 3 aliphatic heterocycles. The zero-order valence-corrected chi connectivity index (χ0v) is 14.6. The molecule has 24 heavy (non-hydrogen) atoms. The fourth-order valence-corrected chi connectivity index (χ4v) is 3.76. The summed E-state index contributed by atoms with van der Waals surface area (Å²) in [6.07, 6.45) is 2.36. The number of urea groups is 1. The molecule has 1 aromatic carbocycles. The molecule has 3 fully saturated rings. The molecule has 130 valence electrons. The summed E-state index contributed by atoms with van der Waals surface area (Å²) >= 11 is 0. The lowest BCUT2D eigenvalue weighted by atomic mass is 9.83. The second kappa shape index (κ2) is 6.81. The molecule has 2 bridgehead atoms. The number of amides is 3. The summed E-state index contributed by atoms with van der Waals surface area (Å²) in [7, 11) is 1.88. The van der Waals surface area contributed by atoms with Crippen LogP contribution >= 0.6 is 0 Å². The highest BCUT2D eigenvalue weighted by Gasteiger charge is 2.37. The van der Waals surface area contributed by atoms with Crippen molar-refractivity contribution in [1.29, 1.82) is 0 Å². The van der Waals surface area contributed by atoms with Crippen LogP contribution in [0, 0.1) is 12.8 Å². The molecule has 1 unspecified atom stereocenters. The Hall–Kier alpha value is -2.08. The predicted octanol–water partition coefficient (Wildman–Crippen LogP) is 2.51. The third-order valence-corrected chi connectivity index (χ3v) is 5.24. The van der Waals surface area contributed by atoms with Crippen LogP contribution in [0.4, 0.5) is 16.2 Å². The van der Waals surface area contributed by atoms with Gasteiger partial charge in [-0.15, -0.1) is 0 Å². The number of benzene rings is 1. The zero-order chi connectivity index (χ0) is 17.3. The maximum absolute atomic E-state index is 12.6. The van der Waals surface area contributed by atoms with E-state index in [4.69, 9.17) is 0 Å². The molecule has 0 aliphatic carbocycles. The minimum absolute atomic E-state index is 0.0913. The summed E-state index contributed by atoms with van der Waals surface area (Å²) in [5.41, 5.74) is 2.39. The van der Waals surface area contributed by atoms with Gasteiger partial charge in [-0.25, -0.2) is 4.79 Å². The molecule has 0 spiro atoms. The first-order chi connectivity index (χ1) is 11.4. The Labute approximate surface area is 143 Å². The first-order valence-electron chi connectivity index (χ1n) is 8.58. The molecule has 3 heterocycles. The highest BCUT2D eigenvalue weighted by Crippen LogP contribution is 2.30. The van der Waals surface area contributed by atoms with Gasteiger partial charge >= 0.3 is 6.03 Å². The van der Waals surface area contributed by atoms with Crippen LogP contribution in [0.15, 0.2) is 18.2 Å². The lowest BCUT2D eigenvalue weighted by Crippen LogP contribution is -2.58. The van der Waals surface area contributed by atoms with Gasteiger partial charge in [0, 0.05) is 37.9 Å². The van der Waals surface area contributed by atoms with E-state index in [0.29, 0.717) is 11.6 Å². The van der Waals surface area contributed by atoms with Crippen molar-refractivity contribution >= 4 is 23.3 Å². The SMILES string of the molecule is CC(=O)Nc1cc(NC(=O)N(C)C2CN3CCC2CC3)ccc1C. The van der Waals surface area contributed by atoms with Crippen LogP contribution < -0.4 is 10.6 Å². The Morgan fingerprint density at radius 2 is 1.92 bits per heavy atom. The highest BCUT2D eigenvalue weighted by molar-refractivity contribution is 5.93. The summed E-state index contributed by atoms with van der Waals surface area (Å²) < 4.78 is 0. The summed E-state index contributed by atoms with van der Waals surface area (Å²) in [6.45, 7) is 6.70. The number of rotatable bonds is 3. The average Bonchev–Trinajstić information content (AvgIpc) is 2.57. The van der Waals surface area contributed by atoms with E-state index in [1.165, 1.54) is 19.8 Å². The normalized spacial score (nSPS) is 25.2. The maximum atomic E-state index is 12.6. The summed E-state index contributed by atoms with van der Waals surface area (Å²) in [6, 6.07) is 5.76. The molecule has 2 N–H and O–H groups in total.